The lowest BCUT2D eigenvalue weighted by Crippen LogP contribution is -2.39. The van der Waals surface area contributed by atoms with Crippen LogP contribution in [0.25, 0.3) is 0 Å². The fourth-order valence-electron chi connectivity index (χ4n) is 2.95. The van der Waals surface area contributed by atoms with Crippen LogP contribution >= 0.6 is 11.6 Å². The zero-order valence-electron chi connectivity index (χ0n) is 18.2. The Hall–Kier alpha value is -3.57. The van der Waals surface area contributed by atoms with Crippen LogP contribution in [-0.2, 0) is 21.0 Å². The number of ether oxygens (including phenoxy) is 1. The van der Waals surface area contributed by atoms with Crippen LogP contribution in [0.5, 0.6) is 5.75 Å². The number of methoxy groups -OCH3 is 1. The molecule has 0 saturated carbocycles. The first-order chi connectivity index (χ1) is 16.5. The molecule has 0 spiro atoms. The van der Waals surface area contributed by atoms with Crippen LogP contribution in [0.15, 0.2) is 82.8 Å². The fourth-order valence-corrected chi connectivity index (χ4v) is 4.61. The second-order valence-electron chi connectivity index (χ2n) is 7.05. The molecule has 3 aromatic carbocycles. The molecule has 0 aromatic heterocycles. The second-order valence-corrected chi connectivity index (χ2v) is 9.32. The van der Waals surface area contributed by atoms with Gasteiger partial charge in [-0.2, -0.15) is 18.3 Å². The van der Waals surface area contributed by atoms with E-state index in [0.29, 0.717) is 21.7 Å². The van der Waals surface area contributed by atoms with Gasteiger partial charge >= 0.3 is 6.18 Å². The van der Waals surface area contributed by atoms with E-state index in [-0.39, 0.29) is 10.6 Å². The van der Waals surface area contributed by atoms with E-state index in [1.165, 1.54) is 37.6 Å². The lowest BCUT2D eigenvalue weighted by atomic mass is 10.2. The predicted molar refractivity (Wildman–Crippen MR) is 126 cm³/mol. The minimum atomic E-state index is -4.83. The number of nitrogens with zero attached hydrogens (tertiary/aromatic N) is 2. The quantitative estimate of drug-likeness (QED) is 0.341. The van der Waals surface area contributed by atoms with Crippen molar-refractivity contribution < 1.29 is 31.1 Å². The summed E-state index contributed by atoms with van der Waals surface area (Å²) in [6.45, 7) is -0.837. The van der Waals surface area contributed by atoms with Gasteiger partial charge in [0.05, 0.1) is 34.5 Å². The van der Waals surface area contributed by atoms with E-state index in [1.54, 1.807) is 30.3 Å². The van der Waals surface area contributed by atoms with E-state index in [4.69, 9.17) is 16.3 Å². The van der Waals surface area contributed by atoms with E-state index in [2.05, 4.69) is 10.5 Å². The van der Waals surface area contributed by atoms with Crippen molar-refractivity contribution in [2.75, 3.05) is 18.0 Å². The van der Waals surface area contributed by atoms with Gasteiger partial charge in [0.2, 0.25) is 0 Å². The SMILES string of the molecule is COc1ccc(/C=N\NC(=O)CN(c2ccc(Cl)c(C(F)(F)F)c2)S(=O)(=O)c2ccccc2)cc1. The van der Waals surface area contributed by atoms with E-state index in [0.717, 1.165) is 12.1 Å². The number of sulfonamides is 1. The number of alkyl halides is 3. The Morgan fingerprint density at radius 3 is 2.34 bits per heavy atom. The van der Waals surface area contributed by atoms with Gasteiger partial charge in [-0.1, -0.05) is 29.8 Å². The topological polar surface area (TPSA) is 88.1 Å². The first-order valence-electron chi connectivity index (χ1n) is 9.93. The summed E-state index contributed by atoms with van der Waals surface area (Å²) < 4.78 is 72.3. The van der Waals surface area contributed by atoms with Crippen molar-refractivity contribution in [1.82, 2.24) is 5.43 Å². The van der Waals surface area contributed by atoms with Crippen LogP contribution in [0.4, 0.5) is 18.9 Å². The number of hydrogen-bond donors (Lipinski definition) is 1. The van der Waals surface area contributed by atoms with Gasteiger partial charge in [0.1, 0.15) is 12.3 Å². The number of amides is 1. The summed E-state index contributed by atoms with van der Waals surface area (Å²) in [6, 6.07) is 16.3. The van der Waals surface area contributed by atoms with Crippen LogP contribution < -0.4 is 14.5 Å². The normalized spacial score (nSPS) is 11.9. The van der Waals surface area contributed by atoms with E-state index >= 15 is 0 Å². The monoisotopic (exact) mass is 525 g/mol. The van der Waals surface area contributed by atoms with Crippen molar-refractivity contribution in [2.45, 2.75) is 11.1 Å². The lowest BCUT2D eigenvalue weighted by Gasteiger charge is -2.24. The zero-order valence-corrected chi connectivity index (χ0v) is 19.7. The van der Waals surface area contributed by atoms with Gasteiger partial charge in [0.25, 0.3) is 15.9 Å². The number of carbonyl (C=O) groups excluding carboxylic acids is 1. The maximum Gasteiger partial charge on any atom is 0.417 e. The van der Waals surface area contributed by atoms with Crippen molar-refractivity contribution in [2.24, 2.45) is 5.10 Å². The standard InChI is InChI=1S/C23H19ClF3N3O4S/c1-34-18-10-7-16(8-11-18)14-28-29-22(31)15-30(35(32,33)19-5-3-2-4-6-19)17-9-12-21(24)20(13-17)23(25,26)27/h2-14H,15H2,1H3,(H,29,31)/b28-14-. The highest BCUT2D eigenvalue weighted by molar-refractivity contribution is 7.92. The smallest absolute Gasteiger partial charge is 0.417 e. The first kappa shape index (κ1) is 26.0. The van der Waals surface area contributed by atoms with Gasteiger partial charge in [-0.05, 0) is 60.2 Å². The van der Waals surface area contributed by atoms with Crippen molar-refractivity contribution in [3.63, 3.8) is 0 Å². The number of rotatable bonds is 8. The van der Waals surface area contributed by atoms with E-state index in [1.807, 2.05) is 0 Å². The van der Waals surface area contributed by atoms with Gasteiger partial charge < -0.3 is 4.74 Å². The molecule has 0 heterocycles. The Labute approximate surface area is 204 Å². The molecule has 12 heteroatoms. The molecular weight excluding hydrogens is 507 g/mol. The minimum Gasteiger partial charge on any atom is -0.497 e. The van der Waals surface area contributed by atoms with E-state index < -0.39 is 39.2 Å². The number of halogens is 4. The summed E-state index contributed by atoms with van der Waals surface area (Å²) in [4.78, 5) is 12.3. The highest BCUT2D eigenvalue weighted by atomic mass is 35.5. The van der Waals surface area contributed by atoms with Gasteiger partial charge in [-0.15, -0.1) is 0 Å². The Bertz CT molecular complexity index is 1320. The molecule has 184 valence electrons. The second kappa shape index (κ2) is 10.8. The summed E-state index contributed by atoms with van der Waals surface area (Å²) in [5.41, 5.74) is 1.18. The largest absolute Gasteiger partial charge is 0.497 e. The Kier molecular flexibility index (Phi) is 8.03. The number of hydrazone groups is 1. The third-order valence-electron chi connectivity index (χ3n) is 4.68. The van der Waals surface area contributed by atoms with Crippen molar-refractivity contribution >= 4 is 39.4 Å². The fraction of sp³-hybridized carbons (Fsp3) is 0.130. The molecular formula is C23H19ClF3N3O4S. The number of benzene rings is 3. The third-order valence-corrected chi connectivity index (χ3v) is 6.80. The maximum atomic E-state index is 13.4. The van der Waals surface area contributed by atoms with Gasteiger partial charge in [-0.3, -0.25) is 9.10 Å². The molecule has 0 unspecified atom stereocenters. The summed E-state index contributed by atoms with van der Waals surface area (Å²) >= 11 is 5.67. The summed E-state index contributed by atoms with van der Waals surface area (Å²) in [6.07, 6.45) is -3.52. The van der Waals surface area contributed by atoms with Crippen LogP contribution in [0.3, 0.4) is 0 Å². The Balaban J connectivity index is 1.90. The highest BCUT2D eigenvalue weighted by Crippen LogP contribution is 2.38. The molecule has 0 fully saturated rings. The molecule has 0 saturated heterocycles. The Morgan fingerprint density at radius 1 is 1.09 bits per heavy atom. The van der Waals surface area contributed by atoms with Crippen LogP contribution in [0.2, 0.25) is 5.02 Å². The maximum absolute atomic E-state index is 13.4. The van der Waals surface area contributed by atoms with Gasteiger partial charge in [0.15, 0.2) is 0 Å². The number of hydrogen-bond acceptors (Lipinski definition) is 5. The number of nitrogens with one attached hydrogen (secondary N) is 1. The molecule has 35 heavy (non-hydrogen) atoms. The summed E-state index contributed by atoms with van der Waals surface area (Å²) in [5, 5.41) is 3.18. The van der Waals surface area contributed by atoms with Crippen LogP contribution in [0.1, 0.15) is 11.1 Å². The van der Waals surface area contributed by atoms with Gasteiger partial charge in [-0.25, -0.2) is 13.8 Å². The van der Waals surface area contributed by atoms with Crippen molar-refractivity contribution in [3.05, 3.63) is 88.9 Å². The molecule has 0 aliphatic heterocycles. The van der Waals surface area contributed by atoms with Crippen LogP contribution in [0, 0.1) is 0 Å². The molecule has 1 amide bonds. The summed E-state index contributed by atoms with van der Waals surface area (Å²) in [7, 11) is -2.90. The first-order valence-corrected chi connectivity index (χ1v) is 11.7. The average molecular weight is 526 g/mol. The number of carbonyl (C=O) groups is 1. The van der Waals surface area contributed by atoms with Gasteiger partial charge in [0, 0.05) is 0 Å². The molecule has 7 nitrogen and oxygen atoms in total. The molecule has 0 aliphatic carbocycles. The van der Waals surface area contributed by atoms with Crippen molar-refractivity contribution in [3.8, 4) is 5.75 Å². The molecule has 0 bridgehead atoms. The highest BCUT2D eigenvalue weighted by Gasteiger charge is 2.35. The minimum absolute atomic E-state index is 0.210. The van der Waals surface area contributed by atoms with E-state index in [9.17, 15) is 26.4 Å². The lowest BCUT2D eigenvalue weighted by molar-refractivity contribution is -0.137. The summed E-state index contributed by atoms with van der Waals surface area (Å²) in [5.74, 6) is -0.257. The molecule has 3 rings (SSSR count). The van der Waals surface area contributed by atoms with Crippen molar-refractivity contribution in [1.29, 1.82) is 0 Å². The van der Waals surface area contributed by atoms with Crippen LogP contribution in [-0.4, -0.2) is 34.2 Å². The molecule has 3 aromatic rings. The molecule has 0 atom stereocenters. The number of anilines is 1. The molecule has 0 aliphatic rings. The average Bonchev–Trinajstić information content (AvgIpc) is 2.83. The molecule has 0 radical (unpaired) electrons. The Morgan fingerprint density at radius 2 is 1.74 bits per heavy atom. The third kappa shape index (κ3) is 6.52. The zero-order chi connectivity index (χ0) is 25.6. The predicted octanol–water partition coefficient (Wildman–Crippen LogP) is 4.71. The molecule has 1 N–H and O–H groups in total.